The monoisotopic (exact) mass is 415 g/mol. The van der Waals surface area contributed by atoms with Crippen LogP contribution >= 0.6 is 11.8 Å². The molecule has 7 nitrogen and oxygen atoms in total. The zero-order valence-electron chi connectivity index (χ0n) is 15.0. The van der Waals surface area contributed by atoms with Crippen molar-refractivity contribution in [2.24, 2.45) is 10.7 Å². The van der Waals surface area contributed by atoms with Gasteiger partial charge in [0.25, 0.3) is 5.91 Å². The highest BCUT2D eigenvalue weighted by molar-refractivity contribution is 8.13. The number of benzene rings is 1. The minimum Gasteiger partial charge on any atom is -0.379 e. The third-order valence-corrected chi connectivity index (χ3v) is 5.90. The summed E-state index contributed by atoms with van der Waals surface area (Å²) in [5.74, 6) is -1.22. The molecule has 0 bridgehead atoms. The van der Waals surface area contributed by atoms with Gasteiger partial charge in [0.2, 0.25) is 5.69 Å². The van der Waals surface area contributed by atoms with Crippen LogP contribution in [0.15, 0.2) is 41.5 Å². The van der Waals surface area contributed by atoms with E-state index in [1.807, 2.05) is 0 Å². The zero-order valence-corrected chi connectivity index (χ0v) is 15.8. The van der Waals surface area contributed by atoms with E-state index in [2.05, 4.69) is 20.1 Å². The lowest BCUT2D eigenvalue weighted by molar-refractivity contribution is 0.102. The summed E-state index contributed by atoms with van der Waals surface area (Å²) in [5.41, 5.74) is 2.89. The second kappa shape index (κ2) is 7.09. The second-order valence-corrected chi connectivity index (χ2v) is 7.71. The van der Waals surface area contributed by atoms with Crippen LogP contribution in [0.3, 0.4) is 0 Å². The van der Waals surface area contributed by atoms with Gasteiger partial charge < -0.3 is 15.8 Å². The van der Waals surface area contributed by atoms with E-state index < -0.39 is 22.9 Å². The Kier molecular flexibility index (Phi) is 4.72. The first-order valence-corrected chi connectivity index (χ1v) is 9.55. The van der Waals surface area contributed by atoms with Crippen LogP contribution in [0.1, 0.15) is 16.1 Å². The lowest BCUT2D eigenvalue weighted by Gasteiger charge is -2.38. The van der Waals surface area contributed by atoms with Gasteiger partial charge in [-0.05, 0) is 24.3 Å². The van der Waals surface area contributed by atoms with Gasteiger partial charge in [-0.3, -0.25) is 9.78 Å². The number of alkyl halides is 1. The molecule has 1 aromatic heterocycles. The topological polar surface area (TPSA) is 94.0 Å². The van der Waals surface area contributed by atoms with E-state index in [0.717, 1.165) is 17.8 Å². The molecule has 1 aromatic carbocycles. The van der Waals surface area contributed by atoms with E-state index in [9.17, 15) is 9.18 Å². The Labute approximate surface area is 169 Å². The molecule has 1 saturated heterocycles. The number of carbonyl (C=O) groups is 1. The van der Waals surface area contributed by atoms with Crippen LogP contribution in [-0.4, -0.2) is 40.7 Å². The van der Waals surface area contributed by atoms with Crippen LogP contribution in [0.5, 0.6) is 0 Å². The Morgan fingerprint density at radius 1 is 1.34 bits per heavy atom. The van der Waals surface area contributed by atoms with Gasteiger partial charge in [-0.15, -0.1) is 0 Å². The number of carbonyl (C=O) groups excluding carboxylic acids is 1. The molecular formula is C19H15F2N5O2S. The third-order valence-electron chi connectivity index (χ3n) is 4.91. The number of hydrogen-bond acceptors (Lipinski definition) is 6. The fourth-order valence-corrected chi connectivity index (χ4v) is 4.31. The number of aromatic nitrogens is 1. The number of nitrogens with zero attached hydrogens (tertiary/aromatic N) is 3. The van der Waals surface area contributed by atoms with Gasteiger partial charge in [-0.2, -0.15) is 0 Å². The van der Waals surface area contributed by atoms with E-state index in [1.54, 1.807) is 0 Å². The van der Waals surface area contributed by atoms with Crippen molar-refractivity contribution in [1.29, 1.82) is 0 Å². The number of nitrogens with two attached hydrogens (primary N) is 1. The van der Waals surface area contributed by atoms with Crippen molar-refractivity contribution < 1.29 is 18.3 Å². The van der Waals surface area contributed by atoms with E-state index in [0.29, 0.717) is 5.69 Å². The van der Waals surface area contributed by atoms with Gasteiger partial charge in [0.1, 0.15) is 11.5 Å². The molecule has 148 valence electrons. The highest BCUT2D eigenvalue weighted by atomic mass is 32.2. The molecule has 2 aromatic rings. The number of ether oxygens (including phenoxy) is 1. The van der Waals surface area contributed by atoms with E-state index in [1.165, 1.54) is 30.5 Å². The molecule has 2 atom stereocenters. The molecule has 0 aliphatic carbocycles. The van der Waals surface area contributed by atoms with Crippen LogP contribution in [0.25, 0.3) is 4.85 Å². The largest absolute Gasteiger partial charge is 0.379 e. The van der Waals surface area contributed by atoms with Crippen LogP contribution < -0.4 is 11.1 Å². The highest BCUT2D eigenvalue weighted by Gasteiger charge is 2.61. The second-order valence-electron chi connectivity index (χ2n) is 6.72. The van der Waals surface area contributed by atoms with E-state index >= 15 is 4.39 Å². The summed E-state index contributed by atoms with van der Waals surface area (Å²) in [4.78, 5) is 23.8. The zero-order chi connectivity index (χ0) is 20.6. The molecule has 10 heteroatoms. The molecule has 3 N–H and O–H groups in total. The van der Waals surface area contributed by atoms with E-state index in [4.69, 9.17) is 17.0 Å². The molecule has 0 radical (unpaired) electrons. The first-order valence-electron chi connectivity index (χ1n) is 8.57. The summed E-state index contributed by atoms with van der Waals surface area (Å²) in [5, 5.41) is 2.76. The maximum absolute atomic E-state index is 15.6. The standard InChI is InChI=1S/C19H15F2N5O2S/c1-23-12-3-5-15(24-7-12)16(27)25-11-2-4-14(20)13(6-11)19-9-28-8-18(19,21)10-29-17(22)26-19/h2-7H,8-10H2,(H2,22,26)(H,25,27)/t18-,19-/m1/s1. The van der Waals surface area contributed by atoms with Crippen LogP contribution in [0.2, 0.25) is 0 Å². The summed E-state index contributed by atoms with van der Waals surface area (Å²) in [6, 6.07) is 6.72. The van der Waals surface area contributed by atoms with Crippen molar-refractivity contribution in [1.82, 2.24) is 4.98 Å². The Morgan fingerprint density at radius 2 is 2.17 bits per heavy atom. The van der Waals surface area contributed by atoms with Crippen molar-refractivity contribution in [3.8, 4) is 0 Å². The Morgan fingerprint density at radius 3 is 2.90 bits per heavy atom. The maximum atomic E-state index is 15.6. The lowest BCUT2D eigenvalue weighted by Crippen LogP contribution is -2.52. The highest BCUT2D eigenvalue weighted by Crippen LogP contribution is 2.50. The first kappa shape index (κ1) is 19.3. The van der Waals surface area contributed by atoms with Gasteiger partial charge in [0.15, 0.2) is 16.4 Å². The number of rotatable bonds is 3. The smallest absolute Gasteiger partial charge is 0.274 e. The van der Waals surface area contributed by atoms with Gasteiger partial charge in [-0.1, -0.05) is 17.8 Å². The molecule has 0 unspecified atom stereocenters. The molecule has 0 saturated carbocycles. The van der Waals surface area contributed by atoms with Crippen LogP contribution in [0.4, 0.5) is 20.2 Å². The normalized spacial score (nSPS) is 25.6. The SMILES string of the molecule is [C-]#[N+]c1ccc(C(=O)Nc2ccc(F)c([C@]34COC[C@@]3(F)CSC(N)=N4)c2)nc1. The molecule has 29 heavy (non-hydrogen) atoms. The summed E-state index contributed by atoms with van der Waals surface area (Å²) >= 11 is 1.06. The number of thioether (sulfide) groups is 1. The molecule has 1 fully saturated rings. The summed E-state index contributed by atoms with van der Waals surface area (Å²) in [6.45, 7) is 6.54. The number of nitrogens with one attached hydrogen (secondary N) is 1. The molecule has 1 amide bonds. The van der Waals surface area contributed by atoms with Gasteiger partial charge in [0, 0.05) is 23.2 Å². The molecular weight excluding hydrogens is 400 g/mol. The van der Waals surface area contributed by atoms with Gasteiger partial charge in [-0.25, -0.2) is 18.6 Å². The van der Waals surface area contributed by atoms with Gasteiger partial charge in [0.05, 0.1) is 19.8 Å². The van der Waals surface area contributed by atoms with Crippen LogP contribution in [-0.2, 0) is 10.3 Å². The third kappa shape index (κ3) is 3.22. The fraction of sp³-hybridized carbons (Fsp3) is 0.263. The average Bonchev–Trinajstić information content (AvgIpc) is 3.06. The summed E-state index contributed by atoms with van der Waals surface area (Å²) < 4.78 is 35.7. The molecule has 4 rings (SSSR count). The number of aliphatic imine (C=N–C) groups is 1. The number of pyridine rings is 1. The van der Waals surface area contributed by atoms with Crippen molar-refractivity contribution in [3.63, 3.8) is 0 Å². The van der Waals surface area contributed by atoms with Crippen molar-refractivity contribution >= 4 is 34.2 Å². The molecule has 0 spiro atoms. The Bertz CT molecular complexity index is 1060. The molecule has 2 aliphatic heterocycles. The fourth-order valence-electron chi connectivity index (χ4n) is 3.39. The summed E-state index contributed by atoms with van der Waals surface area (Å²) in [6.07, 6.45) is 1.28. The van der Waals surface area contributed by atoms with E-state index in [-0.39, 0.29) is 41.1 Å². The van der Waals surface area contributed by atoms with Crippen molar-refractivity contribution in [2.45, 2.75) is 11.2 Å². The number of fused-ring (bicyclic) bond motifs is 1. The average molecular weight is 415 g/mol. The lowest BCUT2D eigenvalue weighted by atomic mass is 9.79. The van der Waals surface area contributed by atoms with Crippen molar-refractivity contribution in [3.05, 3.63) is 65.0 Å². The predicted molar refractivity (Wildman–Crippen MR) is 105 cm³/mol. The van der Waals surface area contributed by atoms with Crippen LogP contribution in [0, 0.1) is 12.4 Å². The number of anilines is 1. The number of amidine groups is 1. The predicted octanol–water partition coefficient (Wildman–Crippen LogP) is 3.02. The number of hydrogen-bond donors (Lipinski definition) is 2. The quantitative estimate of drug-likeness (QED) is 0.752. The molecule has 2 aliphatic rings. The Balaban J connectivity index is 1.68. The number of halogens is 2. The molecule has 3 heterocycles. The minimum absolute atomic E-state index is 0.00428. The van der Waals surface area contributed by atoms with Gasteiger partial charge >= 0.3 is 0 Å². The summed E-state index contributed by atoms with van der Waals surface area (Å²) in [7, 11) is 0. The first-order chi connectivity index (χ1) is 13.9. The number of amides is 1. The van der Waals surface area contributed by atoms with Crippen molar-refractivity contribution in [2.75, 3.05) is 24.3 Å². The Hall–Kier alpha value is -3.03. The maximum Gasteiger partial charge on any atom is 0.274 e. The minimum atomic E-state index is -1.92.